The van der Waals surface area contributed by atoms with Gasteiger partial charge in [0.2, 0.25) is 5.91 Å². The summed E-state index contributed by atoms with van der Waals surface area (Å²) in [5.41, 5.74) is -0.389. The van der Waals surface area contributed by atoms with Crippen LogP contribution in [-0.4, -0.2) is 50.1 Å². The lowest BCUT2D eigenvalue weighted by atomic mass is 10.0. The van der Waals surface area contributed by atoms with Crippen LogP contribution in [0.3, 0.4) is 0 Å². The Morgan fingerprint density at radius 3 is 2.71 bits per heavy atom. The predicted molar refractivity (Wildman–Crippen MR) is 58.0 cm³/mol. The van der Waals surface area contributed by atoms with Crippen LogP contribution < -0.4 is 5.32 Å². The summed E-state index contributed by atoms with van der Waals surface area (Å²) in [6, 6.07) is -0.708. The van der Waals surface area contributed by atoms with Crippen LogP contribution in [0.4, 0.5) is 0 Å². The Morgan fingerprint density at radius 1 is 1.53 bits per heavy atom. The van der Waals surface area contributed by atoms with Crippen molar-refractivity contribution in [3.63, 3.8) is 0 Å². The lowest BCUT2D eigenvalue weighted by Crippen LogP contribution is -2.70. The first-order valence-corrected chi connectivity index (χ1v) is 5.85. The molecule has 2 aliphatic heterocycles. The summed E-state index contributed by atoms with van der Waals surface area (Å²) in [7, 11) is 0. The SMILES string of the molecule is CC(=O)NC1C(=O)N2C(C(=O)O)=C(O)CS[C@H]12. The maximum Gasteiger partial charge on any atom is 0.356 e. The zero-order valence-corrected chi connectivity index (χ0v) is 9.65. The lowest BCUT2D eigenvalue weighted by molar-refractivity contribution is -0.150. The summed E-state index contributed by atoms with van der Waals surface area (Å²) in [4.78, 5) is 34.5. The number of carboxylic acid groups (broad SMARTS) is 1. The van der Waals surface area contributed by atoms with Crippen LogP contribution in [0.15, 0.2) is 11.5 Å². The van der Waals surface area contributed by atoms with E-state index in [1.807, 2.05) is 0 Å². The number of aliphatic hydroxyl groups is 1. The van der Waals surface area contributed by atoms with Crippen molar-refractivity contribution < 1.29 is 24.6 Å². The van der Waals surface area contributed by atoms with E-state index in [0.717, 1.165) is 4.90 Å². The summed E-state index contributed by atoms with van der Waals surface area (Å²) in [5.74, 6) is -2.41. The number of carbonyl (C=O) groups is 3. The van der Waals surface area contributed by atoms with Gasteiger partial charge in [0.25, 0.3) is 5.91 Å². The molecule has 7 nitrogen and oxygen atoms in total. The van der Waals surface area contributed by atoms with Gasteiger partial charge in [-0.05, 0) is 0 Å². The van der Waals surface area contributed by atoms with E-state index in [1.165, 1.54) is 18.7 Å². The van der Waals surface area contributed by atoms with Crippen molar-refractivity contribution in [2.45, 2.75) is 18.3 Å². The van der Waals surface area contributed by atoms with Gasteiger partial charge in [0.05, 0.1) is 5.75 Å². The van der Waals surface area contributed by atoms with Gasteiger partial charge in [-0.25, -0.2) is 4.79 Å². The monoisotopic (exact) mass is 258 g/mol. The second-order valence-corrected chi connectivity index (χ2v) is 4.79. The number of fused-ring (bicyclic) bond motifs is 1. The van der Waals surface area contributed by atoms with Crippen molar-refractivity contribution in [1.82, 2.24) is 10.2 Å². The third-order valence-electron chi connectivity index (χ3n) is 2.51. The van der Waals surface area contributed by atoms with Crippen LogP contribution in [0.5, 0.6) is 0 Å². The Kier molecular flexibility index (Phi) is 2.74. The van der Waals surface area contributed by atoms with Crippen molar-refractivity contribution in [2.24, 2.45) is 0 Å². The number of rotatable bonds is 2. The molecule has 0 bridgehead atoms. The molecule has 0 radical (unpaired) electrons. The number of nitrogens with zero attached hydrogens (tertiary/aromatic N) is 1. The van der Waals surface area contributed by atoms with Gasteiger partial charge in [0, 0.05) is 6.92 Å². The number of aliphatic hydroxyl groups excluding tert-OH is 1. The zero-order valence-electron chi connectivity index (χ0n) is 8.84. The van der Waals surface area contributed by atoms with Crippen LogP contribution in [0.1, 0.15) is 6.92 Å². The first-order valence-electron chi connectivity index (χ1n) is 4.80. The molecule has 2 aliphatic rings. The molecule has 1 saturated heterocycles. The number of thioether (sulfide) groups is 1. The van der Waals surface area contributed by atoms with Gasteiger partial charge in [-0.3, -0.25) is 14.5 Å². The highest BCUT2D eigenvalue weighted by Gasteiger charge is 2.54. The van der Waals surface area contributed by atoms with Crippen molar-refractivity contribution in [3.05, 3.63) is 11.5 Å². The van der Waals surface area contributed by atoms with E-state index in [9.17, 15) is 19.5 Å². The molecule has 0 aromatic rings. The highest BCUT2D eigenvalue weighted by atomic mass is 32.2. The highest BCUT2D eigenvalue weighted by Crippen LogP contribution is 2.39. The summed E-state index contributed by atoms with van der Waals surface area (Å²) in [5, 5.41) is 20.4. The van der Waals surface area contributed by atoms with Crippen molar-refractivity contribution in [1.29, 1.82) is 0 Å². The van der Waals surface area contributed by atoms with Crippen molar-refractivity contribution in [3.8, 4) is 0 Å². The van der Waals surface area contributed by atoms with Gasteiger partial charge in [-0.15, -0.1) is 11.8 Å². The molecule has 0 aliphatic carbocycles. The summed E-state index contributed by atoms with van der Waals surface area (Å²) in [6.45, 7) is 1.29. The Bertz CT molecular complexity index is 447. The third kappa shape index (κ3) is 1.74. The Morgan fingerprint density at radius 2 is 2.18 bits per heavy atom. The van der Waals surface area contributed by atoms with Gasteiger partial charge >= 0.3 is 5.97 Å². The van der Waals surface area contributed by atoms with Crippen LogP contribution in [0.25, 0.3) is 0 Å². The molecule has 2 atom stereocenters. The molecular formula is C9H10N2O5S. The molecule has 0 aromatic heterocycles. The summed E-state index contributed by atoms with van der Waals surface area (Å²) >= 11 is 1.22. The standard InChI is InChI=1S/C9H10N2O5S/c1-3(12)10-5-7(14)11-6(9(15)16)4(13)2-17-8(5)11/h5,8,13H,2H2,1H3,(H,10,12)(H,15,16)/t5?,8-/m1/s1. The van der Waals surface area contributed by atoms with E-state index in [-0.39, 0.29) is 23.1 Å². The number of β-lactam (4-membered cyclic amide) rings is 1. The number of hydrogen-bond acceptors (Lipinski definition) is 5. The normalized spacial score (nSPS) is 27.4. The second-order valence-electron chi connectivity index (χ2n) is 3.69. The van der Waals surface area contributed by atoms with Crippen LogP contribution in [0, 0.1) is 0 Å². The number of hydrogen-bond donors (Lipinski definition) is 3. The number of carbonyl (C=O) groups excluding carboxylic acids is 2. The van der Waals surface area contributed by atoms with Crippen molar-refractivity contribution in [2.75, 3.05) is 5.75 Å². The summed E-state index contributed by atoms with van der Waals surface area (Å²) in [6.07, 6.45) is 0. The maximum atomic E-state index is 11.7. The highest BCUT2D eigenvalue weighted by molar-refractivity contribution is 8.00. The van der Waals surface area contributed by atoms with Gasteiger partial charge < -0.3 is 15.5 Å². The van der Waals surface area contributed by atoms with E-state index in [2.05, 4.69) is 5.32 Å². The van der Waals surface area contributed by atoms with E-state index in [1.54, 1.807) is 0 Å². The molecule has 0 aromatic carbocycles. The minimum absolute atomic E-state index is 0.117. The first kappa shape index (κ1) is 11.8. The molecule has 2 rings (SSSR count). The molecule has 1 fully saturated rings. The lowest BCUT2D eigenvalue weighted by Gasteiger charge is -2.48. The molecule has 2 amide bonds. The molecule has 2 heterocycles. The quantitative estimate of drug-likeness (QED) is 0.563. The molecule has 1 unspecified atom stereocenters. The third-order valence-corrected chi connectivity index (χ3v) is 3.77. The van der Waals surface area contributed by atoms with Crippen LogP contribution in [0.2, 0.25) is 0 Å². The maximum absolute atomic E-state index is 11.7. The fourth-order valence-corrected chi connectivity index (χ4v) is 3.02. The van der Waals surface area contributed by atoms with E-state index in [0.29, 0.717) is 0 Å². The fraction of sp³-hybridized carbons (Fsp3) is 0.444. The minimum Gasteiger partial charge on any atom is -0.509 e. The predicted octanol–water partition coefficient (Wildman–Crippen LogP) is -0.740. The van der Waals surface area contributed by atoms with Crippen LogP contribution in [-0.2, 0) is 14.4 Å². The van der Waals surface area contributed by atoms with Crippen molar-refractivity contribution >= 4 is 29.5 Å². The molecule has 92 valence electrons. The largest absolute Gasteiger partial charge is 0.509 e. The van der Waals surface area contributed by atoms with E-state index < -0.39 is 23.3 Å². The minimum atomic E-state index is -1.34. The van der Waals surface area contributed by atoms with E-state index in [4.69, 9.17) is 5.11 Å². The van der Waals surface area contributed by atoms with Gasteiger partial charge in [-0.1, -0.05) is 0 Å². The van der Waals surface area contributed by atoms with Gasteiger partial charge in [-0.2, -0.15) is 0 Å². The second kappa shape index (κ2) is 3.95. The number of aliphatic carboxylic acids is 1. The molecular weight excluding hydrogens is 248 g/mol. The zero-order chi connectivity index (χ0) is 12.7. The first-order chi connectivity index (χ1) is 7.93. The number of nitrogens with one attached hydrogen (secondary N) is 1. The smallest absolute Gasteiger partial charge is 0.356 e. The number of carboxylic acids is 1. The Balaban J connectivity index is 2.24. The van der Waals surface area contributed by atoms with Gasteiger partial charge in [0.1, 0.15) is 17.2 Å². The molecule has 0 saturated carbocycles. The topological polar surface area (TPSA) is 107 Å². The van der Waals surface area contributed by atoms with Crippen LogP contribution >= 0.6 is 11.8 Å². The van der Waals surface area contributed by atoms with Gasteiger partial charge in [0.15, 0.2) is 5.70 Å². The average molecular weight is 258 g/mol. The molecule has 0 spiro atoms. The molecule has 3 N–H and O–H groups in total. The van der Waals surface area contributed by atoms with E-state index >= 15 is 0 Å². The summed E-state index contributed by atoms with van der Waals surface area (Å²) < 4.78 is 0. The number of amides is 2. The average Bonchev–Trinajstić information content (AvgIpc) is 2.24. The fourth-order valence-electron chi connectivity index (χ4n) is 1.82. The Hall–Kier alpha value is -1.70. The molecule has 17 heavy (non-hydrogen) atoms. The molecule has 8 heteroatoms. The Labute approximate surface area is 100 Å².